The lowest BCUT2D eigenvalue weighted by atomic mass is 9.96. The minimum atomic E-state index is -3.53. The molecular formula is C22H31N5O3S2. The molecule has 8 nitrogen and oxygen atoms in total. The van der Waals surface area contributed by atoms with E-state index in [4.69, 9.17) is 0 Å². The number of carbonyl (C=O) groups excluding carboxylic acids is 1. The summed E-state index contributed by atoms with van der Waals surface area (Å²) in [6.07, 6.45) is 7.35. The van der Waals surface area contributed by atoms with Gasteiger partial charge in [0.2, 0.25) is 21.1 Å². The highest BCUT2D eigenvalue weighted by molar-refractivity contribution is 7.99. The van der Waals surface area contributed by atoms with E-state index in [1.807, 2.05) is 4.90 Å². The van der Waals surface area contributed by atoms with E-state index in [2.05, 4.69) is 26.8 Å². The van der Waals surface area contributed by atoms with Crippen molar-refractivity contribution in [3.8, 4) is 11.4 Å². The first kappa shape index (κ1) is 23.3. The summed E-state index contributed by atoms with van der Waals surface area (Å²) in [6, 6.07) is 6.67. The molecule has 0 unspecified atom stereocenters. The molecule has 10 heteroatoms. The molecule has 2 fully saturated rings. The van der Waals surface area contributed by atoms with Crippen molar-refractivity contribution in [2.45, 2.75) is 68.0 Å². The van der Waals surface area contributed by atoms with E-state index in [1.165, 1.54) is 24.6 Å². The maximum atomic E-state index is 12.7. The van der Waals surface area contributed by atoms with Gasteiger partial charge in [-0.1, -0.05) is 37.9 Å². The summed E-state index contributed by atoms with van der Waals surface area (Å²) in [7, 11) is -3.53. The van der Waals surface area contributed by atoms with E-state index in [9.17, 15) is 13.2 Å². The second kappa shape index (κ2) is 10.4. The number of nitrogens with zero attached hydrogens (tertiary/aromatic N) is 3. The predicted molar refractivity (Wildman–Crippen MR) is 125 cm³/mol. The number of thioether (sulfide) groups is 1. The number of carbonyl (C=O) groups is 1. The molecule has 2 aliphatic rings. The minimum absolute atomic E-state index is 0.0261. The van der Waals surface area contributed by atoms with Gasteiger partial charge in [-0.3, -0.25) is 9.89 Å². The first-order valence-electron chi connectivity index (χ1n) is 11.4. The van der Waals surface area contributed by atoms with Crippen LogP contribution in [0.25, 0.3) is 11.4 Å². The van der Waals surface area contributed by atoms with Crippen molar-refractivity contribution in [2.75, 3.05) is 18.8 Å². The summed E-state index contributed by atoms with van der Waals surface area (Å²) >= 11 is 1.32. The number of rotatable bonds is 7. The molecule has 1 aromatic heterocycles. The molecule has 0 radical (unpaired) electrons. The quantitative estimate of drug-likeness (QED) is 0.592. The van der Waals surface area contributed by atoms with Gasteiger partial charge in [0.1, 0.15) is 0 Å². The van der Waals surface area contributed by atoms with Crippen molar-refractivity contribution >= 4 is 27.7 Å². The van der Waals surface area contributed by atoms with Gasteiger partial charge in [-0.25, -0.2) is 18.1 Å². The van der Waals surface area contributed by atoms with E-state index in [0.29, 0.717) is 22.7 Å². The van der Waals surface area contributed by atoms with Crippen molar-refractivity contribution in [3.63, 3.8) is 0 Å². The highest BCUT2D eigenvalue weighted by Crippen LogP contribution is 2.24. The third-order valence-electron chi connectivity index (χ3n) is 6.16. The van der Waals surface area contributed by atoms with Crippen LogP contribution in [-0.2, 0) is 14.8 Å². The van der Waals surface area contributed by atoms with Gasteiger partial charge in [0.25, 0.3) is 0 Å². The lowest BCUT2D eigenvalue weighted by Gasteiger charge is -2.30. The van der Waals surface area contributed by atoms with E-state index < -0.39 is 10.0 Å². The van der Waals surface area contributed by atoms with Crippen LogP contribution in [0.2, 0.25) is 0 Å². The van der Waals surface area contributed by atoms with Crippen LogP contribution in [0, 0.1) is 5.92 Å². The molecular weight excluding hydrogens is 446 g/mol. The van der Waals surface area contributed by atoms with E-state index in [-0.39, 0.29) is 16.8 Å². The van der Waals surface area contributed by atoms with Crippen molar-refractivity contribution in [3.05, 3.63) is 24.3 Å². The molecule has 2 heterocycles. The monoisotopic (exact) mass is 477 g/mol. The number of hydrogen-bond acceptors (Lipinski definition) is 6. The van der Waals surface area contributed by atoms with Crippen LogP contribution in [0.15, 0.2) is 34.3 Å². The largest absolute Gasteiger partial charge is 0.342 e. The normalized spacial score (nSPS) is 20.4. The van der Waals surface area contributed by atoms with Gasteiger partial charge in [0.15, 0.2) is 5.82 Å². The Balaban J connectivity index is 1.34. The SMILES string of the molecule is C[C@H]1CCCN(C(=O)CSc2n[nH]c(-c3ccc(S(=O)(=O)NC4CCCCC4)cc3)n2)C1. The van der Waals surface area contributed by atoms with E-state index >= 15 is 0 Å². The second-order valence-electron chi connectivity index (χ2n) is 8.82. The van der Waals surface area contributed by atoms with Crippen LogP contribution >= 0.6 is 11.8 Å². The van der Waals surface area contributed by atoms with Crippen LogP contribution in [0.3, 0.4) is 0 Å². The molecule has 2 aromatic rings. The number of piperidine rings is 1. The van der Waals surface area contributed by atoms with Gasteiger partial charge < -0.3 is 4.90 Å². The molecule has 1 saturated carbocycles. The average Bonchev–Trinajstić information content (AvgIpc) is 3.27. The predicted octanol–water partition coefficient (Wildman–Crippen LogP) is 3.43. The van der Waals surface area contributed by atoms with Gasteiger partial charge in [-0.15, -0.1) is 5.10 Å². The average molecular weight is 478 g/mol. The van der Waals surface area contributed by atoms with Crippen LogP contribution in [0.5, 0.6) is 0 Å². The van der Waals surface area contributed by atoms with Gasteiger partial charge >= 0.3 is 0 Å². The zero-order valence-corrected chi connectivity index (χ0v) is 20.1. The van der Waals surface area contributed by atoms with E-state index in [1.54, 1.807) is 24.3 Å². The molecule has 4 rings (SSSR count). The van der Waals surface area contributed by atoms with Crippen LogP contribution < -0.4 is 4.72 Å². The van der Waals surface area contributed by atoms with E-state index in [0.717, 1.165) is 50.8 Å². The number of hydrogen-bond donors (Lipinski definition) is 2. The third-order valence-corrected chi connectivity index (χ3v) is 8.53. The summed E-state index contributed by atoms with van der Waals surface area (Å²) < 4.78 is 28.2. The van der Waals surface area contributed by atoms with Gasteiger partial charge in [-0.2, -0.15) is 0 Å². The summed E-state index contributed by atoms with van der Waals surface area (Å²) in [5.74, 6) is 1.54. The highest BCUT2D eigenvalue weighted by atomic mass is 32.2. The van der Waals surface area contributed by atoms with Crippen LogP contribution in [0.1, 0.15) is 51.9 Å². The molecule has 1 saturated heterocycles. The fraction of sp³-hybridized carbons (Fsp3) is 0.591. The number of aromatic nitrogens is 3. The number of benzene rings is 1. The van der Waals surface area contributed by atoms with Gasteiger partial charge in [0.05, 0.1) is 10.6 Å². The Hall–Kier alpha value is -1.91. The molecule has 1 aliphatic carbocycles. The molecule has 32 heavy (non-hydrogen) atoms. The van der Waals surface area contributed by atoms with Gasteiger partial charge in [0, 0.05) is 24.7 Å². The number of nitrogens with one attached hydrogen (secondary N) is 2. The Kier molecular flexibility index (Phi) is 7.52. The molecule has 0 spiro atoms. The number of sulfonamides is 1. The Morgan fingerprint density at radius 3 is 2.62 bits per heavy atom. The molecule has 0 bridgehead atoms. The number of likely N-dealkylation sites (tertiary alicyclic amines) is 1. The highest BCUT2D eigenvalue weighted by Gasteiger charge is 2.23. The Labute approximate surface area is 194 Å². The lowest BCUT2D eigenvalue weighted by molar-refractivity contribution is -0.130. The Morgan fingerprint density at radius 1 is 1.16 bits per heavy atom. The van der Waals surface area contributed by atoms with Gasteiger partial charge in [-0.05, 0) is 55.9 Å². The van der Waals surface area contributed by atoms with Crippen molar-refractivity contribution in [1.29, 1.82) is 0 Å². The zero-order chi connectivity index (χ0) is 22.6. The molecule has 1 aliphatic heterocycles. The smallest absolute Gasteiger partial charge is 0.240 e. The fourth-order valence-corrected chi connectivity index (χ4v) is 6.38. The first-order valence-corrected chi connectivity index (χ1v) is 13.8. The Morgan fingerprint density at radius 2 is 1.91 bits per heavy atom. The number of H-pyrrole nitrogens is 1. The standard InChI is InChI=1S/C22H31N5O3S2/c1-16-6-5-13-27(14-16)20(28)15-31-22-23-21(24-25-22)17-9-11-19(12-10-17)32(29,30)26-18-7-3-2-4-8-18/h9-12,16,18,26H,2-8,13-15H2,1H3,(H,23,24,25)/t16-/m0/s1. The number of aromatic amines is 1. The zero-order valence-electron chi connectivity index (χ0n) is 18.4. The van der Waals surface area contributed by atoms with Crippen molar-refractivity contribution < 1.29 is 13.2 Å². The Bertz CT molecular complexity index is 1020. The fourth-order valence-electron chi connectivity index (χ4n) is 4.37. The first-order chi connectivity index (χ1) is 15.4. The molecule has 174 valence electrons. The molecule has 1 atom stereocenters. The topological polar surface area (TPSA) is 108 Å². The van der Waals surface area contributed by atoms with Crippen molar-refractivity contribution in [1.82, 2.24) is 24.8 Å². The van der Waals surface area contributed by atoms with Crippen LogP contribution in [-0.4, -0.2) is 59.3 Å². The molecule has 2 N–H and O–H groups in total. The summed E-state index contributed by atoms with van der Waals surface area (Å²) in [5, 5.41) is 7.59. The molecule has 1 aromatic carbocycles. The summed E-state index contributed by atoms with van der Waals surface area (Å²) in [4.78, 5) is 19.1. The third kappa shape index (κ3) is 5.90. The van der Waals surface area contributed by atoms with Crippen LogP contribution in [0.4, 0.5) is 0 Å². The lowest BCUT2D eigenvalue weighted by Crippen LogP contribution is -2.40. The maximum Gasteiger partial charge on any atom is 0.240 e. The minimum Gasteiger partial charge on any atom is -0.342 e. The number of amides is 1. The van der Waals surface area contributed by atoms with Crippen molar-refractivity contribution in [2.24, 2.45) is 5.92 Å². The second-order valence-corrected chi connectivity index (χ2v) is 11.5. The maximum absolute atomic E-state index is 12.7. The summed E-state index contributed by atoms with van der Waals surface area (Å²) in [6.45, 7) is 3.83. The summed E-state index contributed by atoms with van der Waals surface area (Å²) in [5.41, 5.74) is 0.747. The molecule has 1 amide bonds.